The van der Waals surface area contributed by atoms with Gasteiger partial charge in [0.25, 0.3) is 0 Å². The average Bonchev–Trinajstić information content (AvgIpc) is 2.87. The molecule has 0 fully saturated rings. The molecule has 2 nitrogen and oxygen atoms in total. The number of benzene rings is 1. The molecular formula is C15H12F8N2S. The van der Waals surface area contributed by atoms with Crippen molar-refractivity contribution in [2.75, 3.05) is 5.75 Å². The van der Waals surface area contributed by atoms with Crippen LogP contribution in [-0.4, -0.2) is 27.9 Å². The minimum absolute atomic E-state index is 0.0715. The van der Waals surface area contributed by atoms with Gasteiger partial charge in [0, 0.05) is 17.5 Å². The molecule has 0 amide bonds. The topological polar surface area (TPSA) is 17.8 Å². The van der Waals surface area contributed by atoms with Gasteiger partial charge in [-0.25, -0.2) is 0 Å². The Morgan fingerprint density at radius 2 is 1.62 bits per heavy atom. The number of hydrogen-bond acceptors (Lipinski definition) is 2. The highest BCUT2D eigenvalue weighted by Crippen LogP contribution is 2.44. The maximum absolute atomic E-state index is 13.4. The lowest BCUT2D eigenvalue weighted by Gasteiger charge is -2.16. The third-order valence-electron chi connectivity index (χ3n) is 3.43. The van der Waals surface area contributed by atoms with E-state index in [0.29, 0.717) is 23.4 Å². The highest BCUT2D eigenvalue weighted by Gasteiger charge is 2.60. The van der Waals surface area contributed by atoms with E-state index in [1.165, 1.54) is 25.2 Å². The molecule has 0 bridgehead atoms. The summed E-state index contributed by atoms with van der Waals surface area (Å²) in [5.74, 6) is -6.29. The zero-order chi connectivity index (χ0) is 19.9. The molecule has 2 rings (SSSR count). The van der Waals surface area contributed by atoms with Crippen molar-refractivity contribution >= 4 is 11.8 Å². The van der Waals surface area contributed by atoms with Crippen LogP contribution in [0.4, 0.5) is 35.1 Å². The first-order valence-electron chi connectivity index (χ1n) is 7.02. The van der Waals surface area contributed by atoms with Crippen molar-refractivity contribution in [2.24, 2.45) is 7.05 Å². The maximum Gasteiger partial charge on any atom is 0.459 e. The lowest BCUT2D eigenvalue weighted by atomic mass is 10.1. The molecule has 0 spiro atoms. The van der Waals surface area contributed by atoms with Gasteiger partial charge in [-0.05, 0) is 24.6 Å². The maximum atomic E-state index is 13.4. The van der Waals surface area contributed by atoms with E-state index in [4.69, 9.17) is 0 Å². The SMILES string of the molecule is Cc1ccc(-c2cc(C(F)(F)C(F)(F)F)nn2C)cc1SCC(F)(F)F. The van der Waals surface area contributed by atoms with Gasteiger partial charge in [-0.15, -0.1) is 11.8 Å². The van der Waals surface area contributed by atoms with Gasteiger partial charge < -0.3 is 0 Å². The summed E-state index contributed by atoms with van der Waals surface area (Å²) >= 11 is 0.502. The summed E-state index contributed by atoms with van der Waals surface area (Å²) in [6.45, 7) is 1.56. The van der Waals surface area contributed by atoms with Crippen molar-refractivity contribution in [3.05, 3.63) is 35.5 Å². The second-order valence-corrected chi connectivity index (χ2v) is 6.51. The van der Waals surface area contributed by atoms with Gasteiger partial charge in [0.1, 0.15) is 5.69 Å². The van der Waals surface area contributed by atoms with Crippen LogP contribution in [0, 0.1) is 6.92 Å². The second-order valence-electron chi connectivity index (χ2n) is 5.49. The van der Waals surface area contributed by atoms with E-state index >= 15 is 0 Å². The van der Waals surface area contributed by atoms with E-state index in [2.05, 4.69) is 5.10 Å². The number of alkyl halides is 8. The van der Waals surface area contributed by atoms with Crippen molar-refractivity contribution in [2.45, 2.75) is 30.1 Å². The molecule has 1 aromatic carbocycles. The number of nitrogens with zero attached hydrogens (tertiary/aromatic N) is 2. The molecule has 2 aromatic rings. The molecule has 0 atom stereocenters. The smallest absolute Gasteiger partial charge is 0.267 e. The first-order chi connectivity index (χ1) is 11.7. The van der Waals surface area contributed by atoms with Crippen molar-refractivity contribution in [1.82, 2.24) is 9.78 Å². The van der Waals surface area contributed by atoms with Crippen LogP contribution in [-0.2, 0) is 13.0 Å². The zero-order valence-corrected chi connectivity index (χ0v) is 14.2. The largest absolute Gasteiger partial charge is 0.459 e. The van der Waals surface area contributed by atoms with Crippen molar-refractivity contribution in [1.29, 1.82) is 0 Å². The van der Waals surface area contributed by atoms with Crippen molar-refractivity contribution in [3.8, 4) is 11.3 Å². The van der Waals surface area contributed by atoms with E-state index in [-0.39, 0.29) is 16.2 Å². The Hall–Kier alpha value is -1.78. The highest BCUT2D eigenvalue weighted by atomic mass is 32.2. The molecule has 0 aliphatic rings. The van der Waals surface area contributed by atoms with Crippen LogP contribution >= 0.6 is 11.8 Å². The first-order valence-corrected chi connectivity index (χ1v) is 8.00. The van der Waals surface area contributed by atoms with E-state index in [1.54, 1.807) is 6.92 Å². The summed E-state index contributed by atoms with van der Waals surface area (Å²) in [7, 11) is 1.17. The van der Waals surface area contributed by atoms with Gasteiger partial charge >= 0.3 is 18.3 Å². The standard InChI is InChI=1S/C15H12F8N2S/c1-8-3-4-9(5-11(8)26-7-13(16,17)18)10-6-12(24-25(10)2)14(19,20)15(21,22)23/h3-6H,7H2,1-2H3. The molecule has 0 aliphatic carbocycles. The first kappa shape index (κ1) is 20.5. The Morgan fingerprint density at radius 3 is 2.15 bits per heavy atom. The summed E-state index contributed by atoms with van der Waals surface area (Å²) in [4.78, 5) is 0.241. The van der Waals surface area contributed by atoms with Crippen LogP contribution in [0.2, 0.25) is 0 Å². The number of aromatic nitrogens is 2. The Balaban J connectivity index is 2.41. The van der Waals surface area contributed by atoms with Crippen LogP contribution in [0.1, 0.15) is 11.3 Å². The van der Waals surface area contributed by atoms with Gasteiger partial charge in [0.2, 0.25) is 0 Å². The molecule has 1 heterocycles. The van der Waals surface area contributed by atoms with Crippen molar-refractivity contribution < 1.29 is 35.1 Å². The summed E-state index contributed by atoms with van der Waals surface area (Å²) in [6.07, 6.45) is -10.2. The van der Waals surface area contributed by atoms with Crippen LogP contribution in [0.5, 0.6) is 0 Å². The number of halogens is 8. The average molecular weight is 404 g/mol. The number of rotatable bonds is 4. The van der Waals surface area contributed by atoms with Gasteiger partial charge in [-0.1, -0.05) is 12.1 Å². The highest BCUT2D eigenvalue weighted by molar-refractivity contribution is 7.99. The third-order valence-corrected chi connectivity index (χ3v) is 4.66. The molecule has 144 valence electrons. The van der Waals surface area contributed by atoms with E-state index in [0.717, 1.165) is 4.68 Å². The predicted molar refractivity (Wildman–Crippen MR) is 80.1 cm³/mol. The monoisotopic (exact) mass is 404 g/mol. The molecule has 1 aromatic heterocycles. The molecule has 0 saturated carbocycles. The zero-order valence-electron chi connectivity index (χ0n) is 13.3. The molecule has 26 heavy (non-hydrogen) atoms. The lowest BCUT2D eigenvalue weighted by molar-refractivity contribution is -0.291. The predicted octanol–water partition coefficient (Wildman–Crippen LogP) is 5.70. The lowest BCUT2D eigenvalue weighted by Crippen LogP contribution is -2.34. The fourth-order valence-electron chi connectivity index (χ4n) is 2.11. The van der Waals surface area contributed by atoms with Crippen LogP contribution in [0.15, 0.2) is 29.2 Å². The van der Waals surface area contributed by atoms with Crippen LogP contribution in [0.3, 0.4) is 0 Å². The summed E-state index contributed by atoms with van der Waals surface area (Å²) in [5, 5.41) is 3.22. The van der Waals surface area contributed by atoms with E-state index in [9.17, 15) is 35.1 Å². The summed E-state index contributed by atoms with van der Waals surface area (Å²) in [6, 6.07) is 4.76. The van der Waals surface area contributed by atoms with Crippen LogP contribution < -0.4 is 0 Å². The van der Waals surface area contributed by atoms with Crippen molar-refractivity contribution in [3.63, 3.8) is 0 Å². The Morgan fingerprint density at radius 1 is 1.00 bits per heavy atom. The van der Waals surface area contributed by atoms with Gasteiger partial charge in [0.05, 0.1) is 11.4 Å². The van der Waals surface area contributed by atoms with Gasteiger partial charge in [0.15, 0.2) is 0 Å². The van der Waals surface area contributed by atoms with Crippen LogP contribution in [0.25, 0.3) is 11.3 Å². The van der Waals surface area contributed by atoms with Gasteiger partial charge in [-0.2, -0.15) is 40.2 Å². The molecular weight excluding hydrogens is 392 g/mol. The summed E-state index contributed by atoms with van der Waals surface area (Å²) in [5.41, 5.74) is -0.851. The number of thioether (sulfide) groups is 1. The van der Waals surface area contributed by atoms with E-state index < -0.39 is 29.7 Å². The van der Waals surface area contributed by atoms with E-state index in [1.807, 2.05) is 0 Å². The Bertz CT molecular complexity index is 792. The normalized spacial score (nSPS) is 13.3. The molecule has 0 saturated heterocycles. The number of aryl methyl sites for hydroxylation is 2. The fraction of sp³-hybridized carbons (Fsp3) is 0.400. The number of hydrogen-bond donors (Lipinski definition) is 0. The third kappa shape index (κ3) is 4.30. The minimum Gasteiger partial charge on any atom is -0.267 e. The minimum atomic E-state index is -5.81. The second kappa shape index (κ2) is 6.75. The molecule has 0 N–H and O–H groups in total. The Labute approximate surface area is 147 Å². The van der Waals surface area contributed by atoms with Gasteiger partial charge in [-0.3, -0.25) is 4.68 Å². The fourth-order valence-corrected chi connectivity index (χ4v) is 2.94. The Kier molecular flexibility index (Phi) is 5.33. The molecule has 11 heteroatoms. The quantitative estimate of drug-likeness (QED) is 0.480. The molecule has 0 radical (unpaired) electrons. The molecule has 0 unspecified atom stereocenters. The molecule has 0 aliphatic heterocycles. The summed E-state index contributed by atoms with van der Waals surface area (Å²) < 4.78 is 102.